The van der Waals surface area contributed by atoms with Crippen LogP contribution in [-0.2, 0) is 0 Å². The summed E-state index contributed by atoms with van der Waals surface area (Å²) in [5.74, 6) is 0.654. The molecule has 0 radical (unpaired) electrons. The van der Waals surface area contributed by atoms with Crippen LogP contribution in [0.2, 0.25) is 0 Å². The van der Waals surface area contributed by atoms with Crippen LogP contribution >= 0.6 is 15.9 Å². The van der Waals surface area contributed by atoms with Crippen LogP contribution in [0.1, 0.15) is 36.2 Å². The minimum Gasteiger partial charge on any atom is -0.460 e. The number of ketones is 1. The summed E-state index contributed by atoms with van der Waals surface area (Å²) in [6.07, 6.45) is 5.18. The number of nitrogens with two attached hydrogens (primary N) is 1. The highest BCUT2D eigenvalue weighted by Gasteiger charge is 2.28. The first-order chi connectivity index (χ1) is 7.18. The molecule has 0 atom stereocenters. The summed E-state index contributed by atoms with van der Waals surface area (Å²) in [6.45, 7) is 0. The molecule has 0 aromatic carbocycles. The van der Waals surface area contributed by atoms with Crippen molar-refractivity contribution in [3.8, 4) is 0 Å². The second-order valence-electron chi connectivity index (χ2n) is 4.07. The van der Waals surface area contributed by atoms with Crippen molar-refractivity contribution in [3.63, 3.8) is 0 Å². The summed E-state index contributed by atoms with van der Waals surface area (Å²) in [5.41, 5.74) is 5.80. The first kappa shape index (κ1) is 10.9. The van der Waals surface area contributed by atoms with Gasteiger partial charge in [-0.05, 0) is 47.7 Å². The molecule has 82 valence electrons. The van der Waals surface area contributed by atoms with E-state index in [9.17, 15) is 4.79 Å². The molecule has 0 aliphatic heterocycles. The van der Waals surface area contributed by atoms with E-state index >= 15 is 0 Å². The second-order valence-corrected chi connectivity index (χ2v) is 4.93. The Hall–Kier alpha value is -0.610. The Morgan fingerprint density at radius 3 is 2.60 bits per heavy atom. The van der Waals surface area contributed by atoms with Gasteiger partial charge in [0.15, 0.2) is 5.76 Å². The maximum atomic E-state index is 12.0. The number of rotatable bonds is 2. The maximum Gasteiger partial charge on any atom is 0.202 e. The van der Waals surface area contributed by atoms with Gasteiger partial charge in [-0.2, -0.15) is 0 Å². The van der Waals surface area contributed by atoms with Crippen molar-refractivity contribution in [1.29, 1.82) is 0 Å². The van der Waals surface area contributed by atoms with Crippen LogP contribution in [0, 0.1) is 5.92 Å². The van der Waals surface area contributed by atoms with Gasteiger partial charge in [-0.25, -0.2) is 0 Å². The molecular formula is C11H14BrNO2. The van der Waals surface area contributed by atoms with Crippen molar-refractivity contribution in [2.45, 2.75) is 31.7 Å². The van der Waals surface area contributed by atoms with Gasteiger partial charge >= 0.3 is 0 Å². The summed E-state index contributed by atoms with van der Waals surface area (Å²) >= 11 is 3.31. The Kier molecular flexibility index (Phi) is 3.26. The zero-order valence-electron chi connectivity index (χ0n) is 8.41. The molecule has 2 rings (SSSR count). The highest BCUT2D eigenvalue weighted by Crippen LogP contribution is 2.29. The molecule has 0 saturated heterocycles. The Bertz CT molecular complexity index is 353. The van der Waals surface area contributed by atoms with E-state index in [4.69, 9.17) is 10.2 Å². The molecule has 1 fully saturated rings. The molecule has 0 spiro atoms. The monoisotopic (exact) mass is 271 g/mol. The smallest absolute Gasteiger partial charge is 0.202 e. The average Bonchev–Trinajstić information content (AvgIpc) is 2.65. The number of hydrogen-bond donors (Lipinski definition) is 1. The van der Waals surface area contributed by atoms with E-state index in [1.807, 2.05) is 0 Å². The fraction of sp³-hybridized carbons (Fsp3) is 0.545. The highest BCUT2D eigenvalue weighted by molar-refractivity contribution is 9.10. The van der Waals surface area contributed by atoms with E-state index in [-0.39, 0.29) is 17.7 Å². The van der Waals surface area contributed by atoms with Crippen LogP contribution in [0.15, 0.2) is 21.2 Å². The molecule has 0 bridgehead atoms. The van der Waals surface area contributed by atoms with Crippen LogP contribution in [0.4, 0.5) is 0 Å². The quantitative estimate of drug-likeness (QED) is 0.842. The number of hydrogen-bond acceptors (Lipinski definition) is 3. The second kappa shape index (κ2) is 4.49. The zero-order valence-corrected chi connectivity index (χ0v) is 10.00. The van der Waals surface area contributed by atoms with Crippen molar-refractivity contribution in [3.05, 3.63) is 22.6 Å². The van der Waals surface area contributed by atoms with Gasteiger partial charge < -0.3 is 10.2 Å². The fourth-order valence-electron chi connectivity index (χ4n) is 2.04. The molecule has 1 aliphatic carbocycles. The minimum atomic E-state index is 0.0900. The van der Waals surface area contributed by atoms with E-state index < -0.39 is 0 Å². The van der Waals surface area contributed by atoms with Crippen molar-refractivity contribution in [2.24, 2.45) is 11.7 Å². The number of carbonyl (C=O) groups is 1. The van der Waals surface area contributed by atoms with Crippen molar-refractivity contribution in [1.82, 2.24) is 0 Å². The van der Waals surface area contributed by atoms with Crippen molar-refractivity contribution in [2.75, 3.05) is 0 Å². The summed E-state index contributed by atoms with van der Waals surface area (Å²) in [7, 11) is 0. The van der Waals surface area contributed by atoms with Gasteiger partial charge in [-0.3, -0.25) is 4.79 Å². The molecule has 1 saturated carbocycles. The van der Waals surface area contributed by atoms with Gasteiger partial charge in [-0.1, -0.05) is 0 Å². The SMILES string of the molecule is NC1CCC(C(=O)c2occc2Br)CC1. The van der Waals surface area contributed by atoms with E-state index in [0.717, 1.165) is 30.2 Å². The first-order valence-electron chi connectivity index (χ1n) is 5.21. The minimum absolute atomic E-state index is 0.0900. The van der Waals surface area contributed by atoms with Gasteiger partial charge in [0.1, 0.15) is 0 Å². The summed E-state index contributed by atoms with van der Waals surface area (Å²) in [6, 6.07) is 2.02. The van der Waals surface area contributed by atoms with Gasteiger partial charge in [0, 0.05) is 12.0 Å². The predicted molar refractivity (Wildman–Crippen MR) is 60.7 cm³/mol. The van der Waals surface area contributed by atoms with E-state index in [1.165, 1.54) is 6.26 Å². The molecule has 4 heteroatoms. The normalized spacial score (nSPS) is 26.5. The maximum absolute atomic E-state index is 12.0. The van der Waals surface area contributed by atoms with Crippen LogP contribution < -0.4 is 5.73 Å². The average molecular weight is 272 g/mol. The van der Waals surface area contributed by atoms with Gasteiger partial charge in [0.05, 0.1) is 10.7 Å². The predicted octanol–water partition coefficient (Wildman–Crippen LogP) is 2.74. The lowest BCUT2D eigenvalue weighted by molar-refractivity contribution is 0.0854. The molecule has 3 nitrogen and oxygen atoms in total. The van der Waals surface area contributed by atoms with Gasteiger partial charge in [0.2, 0.25) is 5.78 Å². The van der Waals surface area contributed by atoms with Crippen LogP contribution in [0.25, 0.3) is 0 Å². The molecule has 0 unspecified atom stereocenters. The molecule has 1 aliphatic rings. The van der Waals surface area contributed by atoms with Crippen LogP contribution in [0.5, 0.6) is 0 Å². The number of carbonyl (C=O) groups excluding carboxylic acids is 1. The molecule has 1 heterocycles. The molecule has 1 aromatic heterocycles. The van der Waals surface area contributed by atoms with Gasteiger partial charge in [0.25, 0.3) is 0 Å². The first-order valence-corrected chi connectivity index (χ1v) is 6.00. The topological polar surface area (TPSA) is 56.2 Å². The Morgan fingerprint density at radius 1 is 1.40 bits per heavy atom. The lowest BCUT2D eigenvalue weighted by atomic mass is 9.83. The van der Waals surface area contributed by atoms with Crippen molar-refractivity contribution >= 4 is 21.7 Å². The highest BCUT2D eigenvalue weighted by atomic mass is 79.9. The number of halogens is 1. The molecular weight excluding hydrogens is 258 g/mol. The van der Waals surface area contributed by atoms with E-state index in [0.29, 0.717) is 5.76 Å². The molecule has 1 aromatic rings. The number of Topliss-reactive ketones (excluding diaryl/α,β-unsaturated/α-hetero) is 1. The molecule has 0 amide bonds. The Labute approximate surface area is 97.1 Å². The lowest BCUT2D eigenvalue weighted by Gasteiger charge is -2.24. The number of furan rings is 1. The summed E-state index contributed by atoms with van der Waals surface area (Å²) in [5, 5.41) is 0. The van der Waals surface area contributed by atoms with E-state index in [1.54, 1.807) is 6.07 Å². The van der Waals surface area contributed by atoms with Crippen LogP contribution in [0.3, 0.4) is 0 Å². The lowest BCUT2D eigenvalue weighted by Crippen LogP contribution is -2.29. The summed E-state index contributed by atoms with van der Waals surface area (Å²) < 4.78 is 5.93. The van der Waals surface area contributed by atoms with Crippen LogP contribution in [-0.4, -0.2) is 11.8 Å². The Balaban J connectivity index is 2.06. The molecule has 15 heavy (non-hydrogen) atoms. The van der Waals surface area contributed by atoms with Crippen molar-refractivity contribution < 1.29 is 9.21 Å². The Morgan fingerprint density at radius 2 is 2.07 bits per heavy atom. The third-order valence-corrected chi connectivity index (χ3v) is 3.61. The summed E-state index contributed by atoms with van der Waals surface area (Å²) in [4.78, 5) is 12.0. The largest absolute Gasteiger partial charge is 0.460 e. The van der Waals surface area contributed by atoms with Gasteiger partial charge in [-0.15, -0.1) is 0 Å². The van der Waals surface area contributed by atoms with E-state index in [2.05, 4.69) is 15.9 Å². The standard InChI is InChI=1S/C11H14BrNO2/c12-9-5-6-15-11(9)10(14)7-1-3-8(13)4-2-7/h5-8H,1-4,13H2. The molecule has 2 N–H and O–H groups in total. The zero-order chi connectivity index (χ0) is 10.8. The third-order valence-electron chi connectivity index (χ3n) is 2.98. The third kappa shape index (κ3) is 2.32. The fourth-order valence-corrected chi connectivity index (χ4v) is 2.43.